The Kier molecular flexibility index (Phi) is 2.49. The Labute approximate surface area is 87.1 Å². The maximum absolute atomic E-state index is 10.7. The number of carboxylic acid groups (broad SMARTS) is 1. The van der Waals surface area contributed by atoms with Crippen LogP contribution >= 0.6 is 0 Å². The summed E-state index contributed by atoms with van der Waals surface area (Å²) in [5.41, 5.74) is 6.53. The highest BCUT2D eigenvalue weighted by molar-refractivity contribution is 5.65. The van der Waals surface area contributed by atoms with Gasteiger partial charge in [0, 0.05) is 30.8 Å². The molecule has 0 radical (unpaired) electrons. The van der Waals surface area contributed by atoms with E-state index in [1.165, 1.54) is 4.90 Å². The van der Waals surface area contributed by atoms with Crippen LogP contribution in [-0.2, 0) is 0 Å². The van der Waals surface area contributed by atoms with Gasteiger partial charge in [0.1, 0.15) is 5.82 Å². The Morgan fingerprint density at radius 3 is 2.73 bits per heavy atom. The molecule has 0 bridgehead atoms. The lowest BCUT2D eigenvalue weighted by atomic mass is 9.94. The van der Waals surface area contributed by atoms with Crippen molar-refractivity contribution in [1.82, 2.24) is 15.1 Å². The van der Waals surface area contributed by atoms with E-state index in [2.05, 4.69) is 10.2 Å². The molecule has 6 nitrogen and oxygen atoms in total. The third kappa shape index (κ3) is 2.03. The fourth-order valence-electron chi connectivity index (χ4n) is 1.94. The van der Waals surface area contributed by atoms with E-state index >= 15 is 0 Å². The normalized spacial score (nSPS) is 18.0. The average molecular weight is 210 g/mol. The van der Waals surface area contributed by atoms with Crippen LogP contribution < -0.4 is 5.73 Å². The highest BCUT2D eigenvalue weighted by Crippen LogP contribution is 2.27. The van der Waals surface area contributed by atoms with Crippen LogP contribution in [0.15, 0.2) is 6.07 Å². The van der Waals surface area contributed by atoms with Crippen molar-refractivity contribution in [2.24, 2.45) is 0 Å². The number of piperidine rings is 1. The number of hydrogen-bond donors (Lipinski definition) is 3. The summed E-state index contributed by atoms with van der Waals surface area (Å²) < 4.78 is 0. The van der Waals surface area contributed by atoms with Gasteiger partial charge in [-0.3, -0.25) is 5.10 Å². The molecular formula is C9H14N4O2. The van der Waals surface area contributed by atoms with Crippen LogP contribution in [0.3, 0.4) is 0 Å². The average Bonchev–Trinajstić information content (AvgIpc) is 2.65. The summed E-state index contributed by atoms with van der Waals surface area (Å²) in [4.78, 5) is 12.1. The highest BCUT2D eigenvalue weighted by atomic mass is 16.4. The monoisotopic (exact) mass is 210 g/mol. The SMILES string of the molecule is Nc1cc(C2CCN(C(=O)O)CC2)[nH]n1. The van der Waals surface area contributed by atoms with Crippen LogP contribution in [0.2, 0.25) is 0 Å². The maximum Gasteiger partial charge on any atom is 0.407 e. The van der Waals surface area contributed by atoms with Crippen LogP contribution in [0, 0.1) is 0 Å². The molecule has 0 spiro atoms. The highest BCUT2D eigenvalue weighted by Gasteiger charge is 2.24. The van der Waals surface area contributed by atoms with E-state index in [9.17, 15) is 4.79 Å². The van der Waals surface area contributed by atoms with Crippen LogP contribution in [0.5, 0.6) is 0 Å². The summed E-state index contributed by atoms with van der Waals surface area (Å²) in [5, 5.41) is 15.5. The van der Waals surface area contributed by atoms with Gasteiger partial charge in [-0.1, -0.05) is 0 Å². The molecule has 15 heavy (non-hydrogen) atoms. The second kappa shape index (κ2) is 3.80. The van der Waals surface area contributed by atoms with Gasteiger partial charge in [0.05, 0.1) is 0 Å². The number of hydrogen-bond acceptors (Lipinski definition) is 3. The van der Waals surface area contributed by atoms with Crippen molar-refractivity contribution in [3.05, 3.63) is 11.8 Å². The Bertz CT molecular complexity index is 355. The second-order valence-corrected chi connectivity index (χ2v) is 3.79. The first kappa shape index (κ1) is 9.82. The summed E-state index contributed by atoms with van der Waals surface area (Å²) in [6.45, 7) is 1.16. The number of nitrogens with two attached hydrogens (primary N) is 1. The molecule has 82 valence electrons. The first-order chi connectivity index (χ1) is 7.16. The Morgan fingerprint density at radius 2 is 2.27 bits per heavy atom. The minimum absolute atomic E-state index is 0.352. The number of likely N-dealkylation sites (tertiary alicyclic amines) is 1. The van der Waals surface area contributed by atoms with Gasteiger partial charge in [-0.15, -0.1) is 0 Å². The molecule has 1 amide bonds. The maximum atomic E-state index is 10.7. The van der Waals surface area contributed by atoms with Gasteiger partial charge in [-0.05, 0) is 12.8 Å². The van der Waals surface area contributed by atoms with Crippen LogP contribution in [0.25, 0.3) is 0 Å². The lowest BCUT2D eigenvalue weighted by Crippen LogP contribution is -2.36. The zero-order chi connectivity index (χ0) is 10.8. The smallest absolute Gasteiger partial charge is 0.407 e. The fourth-order valence-corrected chi connectivity index (χ4v) is 1.94. The summed E-state index contributed by atoms with van der Waals surface area (Å²) >= 11 is 0. The molecule has 1 saturated heterocycles. The number of rotatable bonds is 1. The predicted octanol–water partition coefficient (Wildman–Crippen LogP) is 0.849. The minimum atomic E-state index is -0.836. The molecule has 1 aliphatic heterocycles. The first-order valence-corrected chi connectivity index (χ1v) is 4.95. The number of nitrogens with zero attached hydrogens (tertiary/aromatic N) is 2. The van der Waals surface area contributed by atoms with E-state index in [0.29, 0.717) is 24.8 Å². The number of nitrogen functional groups attached to an aromatic ring is 1. The summed E-state index contributed by atoms with van der Waals surface area (Å²) in [6, 6.07) is 1.82. The molecule has 0 unspecified atom stereocenters. The molecule has 0 saturated carbocycles. The van der Waals surface area contributed by atoms with Gasteiger partial charge in [0.2, 0.25) is 0 Å². The van der Waals surface area contributed by atoms with Crippen molar-refractivity contribution in [3.63, 3.8) is 0 Å². The third-order valence-electron chi connectivity index (χ3n) is 2.82. The Balaban J connectivity index is 1.96. The molecule has 0 atom stereocenters. The molecule has 0 aliphatic carbocycles. The van der Waals surface area contributed by atoms with Gasteiger partial charge in [-0.25, -0.2) is 4.79 Å². The number of amides is 1. The minimum Gasteiger partial charge on any atom is -0.465 e. The summed E-state index contributed by atoms with van der Waals surface area (Å²) in [7, 11) is 0. The van der Waals surface area contributed by atoms with Crippen LogP contribution in [0.4, 0.5) is 10.6 Å². The van der Waals surface area contributed by atoms with Crippen molar-refractivity contribution in [2.45, 2.75) is 18.8 Å². The molecule has 2 rings (SSSR count). The summed E-state index contributed by atoms with van der Waals surface area (Å²) in [5.74, 6) is 0.844. The van der Waals surface area contributed by atoms with Gasteiger partial charge < -0.3 is 15.7 Å². The molecule has 1 aliphatic rings. The van der Waals surface area contributed by atoms with Gasteiger partial charge >= 0.3 is 6.09 Å². The van der Waals surface area contributed by atoms with Crippen molar-refractivity contribution in [2.75, 3.05) is 18.8 Å². The van der Waals surface area contributed by atoms with E-state index in [-0.39, 0.29) is 0 Å². The largest absolute Gasteiger partial charge is 0.465 e. The number of anilines is 1. The second-order valence-electron chi connectivity index (χ2n) is 3.79. The van der Waals surface area contributed by atoms with Crippen molar-refractivity contribution in [1.29, 1.82) is 0 Å². The third-order valence-corrected chi connectivity index (χ3v) is 2.82. The van der Waals surface area contributed by atoms with Crippen LogP contribution in [-0.4, -0.2) is 39.4 Å². The molecule has 2 heterocycles. The number of carbonyl (C=O) groups is 1. The summed E-state index contributed by atoms with van der Waals surface area (Å²) in [6.07, 6.45) is 0.819. The Morgan fingerprint density at radius 1 is 1.60 bits per heavy atom. The van der Waals surface area contributed by atoms with Gasteiger partial charge in [0.15, 0.2) is 0 Å². The van der Waals surface area contributed by atoms with E-state index in [1.54, 1.807) is 0 Å². The van der Waals surface area contributed by atoms with Gasteiger partial charge in [-0.2, -0.15) is 5.10 Å². The molecule has 1 fully saturated rings. The first-order valence-electron chi connectivity index (χ1n) is 4.95. The lowest BCUT2D eigenvalue weighted by molar-refractivity contribution is 0.131. The molecule has 6 heteroatoms. The van der Waals surface area contributed by atoms with Gasteiger partial charge in [0.25, 0.3) is 0 Å². The van der Waals surface area contributed by atoms with E-state index in [4.69, 9.17) is 10.8 Å². The fraction of sp³-hybridized carbons (Fsp3) is 0.556. The van der Waals surface area contributed by atoms with Crippen LogP contribution in [0.1, 0.15) is 24.5 Å². The zero-order valence-corrected chi connectivity index (χ0v) is 8.31. The molecule has 4 N–H and O–H groups in total. The van der Waals surface area contributed by atoms with E-state index in [1.807, 2.05) is 6.07 Å². The van der Waals surface area contributed by atoms with E-state index in [0.717, 1.165) is 18.5 Å². The zero-order valence-electron chi connectivity index (χ0n) is 8.31. The molecule has 0 aromatic carbocycles. The van der Waals surface area contributed by atoms with E-state index < -0.39 is 6.09 Å². The predicted molar refractivity (Wildman–Crippen MR) is 54.6 cm³/mol. The topological polar surface area (TPSA) is 95.2 Å². The number of aromatic nitrogens is 2. The Hall–Kier alpha value is -1.72. The van der Waals surface area contributed by atoms with Crippen molar-refractivity contribution >= 4 is 11.9 Å². The quantitative estimate of drug-likeness (QED) is 0.640. The lowest BCUT2D eigenvalue weighted by Gasteiger charge is -2.29. The van der Waals surface area contributed by atoms with Crippen molar-refractivity contribution < 1.29 is 9.90 Å². The number of nitrogens with one attached hydrogen (secondary N) is 1. The van der Waals surface area contributed by atoms with Crippen molar-refractivity contribution in [3.8, 4) is 0 Å². The number of H-pyrrole nitrogens is 1. The molecule has 1 aromatic heterocycles. The number of aromatic amines is 1. The standard InChI is InChI=1S/C9H14N4O2/c10-8-5-7(11-12-8)6-1-3-13(4-2-6)9(14)15/h5-6H,1-4H2,(H,14,15)(H3,10,11,12). The molecular weight excluding hydrogens is 196 g/mol. The molecule has 1 aromatic rings.